The lowest BCUT2D eigenvalue weighted by Gasteiger charge is -2.23. The van der Waals surface area contributed by atoms with E-state index in [1.165, 1.54) is 6.07 Å². The Labute approximate surface area is 155 Å². The fraction of sp³-hybridized carbons (Fsp3) is 0.562. The Hall–Kier alpha value is -0.500. The van der Waals surface area contributed by atoms with Crippen molar-refractivity contribution in [3.63, 3.8) is 0 Å². The lowest BCUT2D eigenvalue weighted by atomic mass is 10.1. The van der Waals surface area contributed by atoms with Gasteiger partial charge in [0.25, 0.3) is 0 Å². The minimum atomic E-state index is -0.180. The second-order valence-corrected chi connectivity index (χ2v) is 7.15. The molecule has 0 saturated heterocycles. The molecule has 126 valence electrons. The van der Waals surface area contributed by atoms with Crippen molar-refractivity contribution >= 4 is 41.7 Å². The summed E-state index contributed by atoms with van der Waals surface area (Å²) in [4.78, 5) is 4.22. The highest BCUT2D eigenvalue weighted by molar-refractivity contribution is 14.0. The number of guanidine groups is 1. The summed E-state index contributed by atoms with van der Waals surface area (Å²) in [6, 6.07) is 4.93. The molecule has 0 atom stereocenters. The summed E-state index contributed by atoms with van der Waals surface area (Å²) in [5.41, 5.74) is 2.15. The fourth-order valence-corrected chi connectivity index (χ4v) is 2.06. The molecule has 0 unspecified atom stereocenters. The van der Waals surface area contributed by atoms with Gasteiger partial charge >= 0.3 is 0 Å². The van der Waals surface area contributed by atoms with E-state index in [9.17, 15) is 4.39 Å². The van der Waals surface area contributed by atoms with Gasteiger partial charge in [-0.25, -0.2) is 4.39 Å². The molecule has 0 amide bonds. The van der Waals surface area contributed by atoms with E-state index in [4.69, 9.17) is 0 Å². The Morgan fingerprint density at radius 3 is 2.55 bits per heavy atom. The second kappa shape index (κ2) is 10.3. The fourth-order valence-electron chi connectivity index (χ4n) is 1.84. The van der Waals surface area contributed by atoms with Crippen LogP contribution >= 0.6 is 35.7 Å². The molecule has 0 aromatic heterocycles. The largest absolute Gasteiger partial charge is 0.356 e. The first-order valence-electron chi connectivity index (χ1n) is 7.12. The van der Waals surface area contributed by atoms with E-state index >= 15 is 0 Å². The van der Waals surface area contributed by atoms with Gasteiger partial charge in [-0.05, 0) is 56.7 Å². The Morgan fingerprint density at radius 2 is 2.00 bits per heavy atom. The number of hydrogen-bond donors (Lipinski definition) is 2. The number of aliphatic imine (C=N–C) groups is 1. The van der Waals surface area contributed by atoms with Crippen molar-refractivity contribution in [1.82, 2.24) is 10.6 Å². The first-order chi connectivity index (χ1) is 9.88. The topological polar surface area (TPSA) is 36.4 Å². The number of benzene rings is 1. The van der Waals surface area contributed by atoms with Crippen molar-refractivity contribution in [2.45, 2.75) is 31.9 Å². The smallest absolute Gasteiger partial charge is 0.191 e. The van der Waals surface area contributed by atoms with Gasteiger partial charge < -0.3 is 10.6 Å². The van der Waals surface area contributed by atoms with Crippen LogP contribution < -0.4 is 10.6 Å². The molecule has 3 nitrogen and oxygen atoms in total. The molecule has 1 aromatic carbocycles. The average molecular weight is 439 g/mol. The number of aryl methyl sites for hydroxylation is 1. The zero-order chi connectivity index (χ0) is 15.9. The van der Waals surface area contributed by atoms with Gasteiger partial charge in [0, 0.05) is 24.9 Å². The Kier molecular flexibility index (Phi) is 10.1. The number of thioether (sulfide) groups is 1. The monoisotopic (exact) mass is 439 g/mol. The molecule has 1 aromatic rings. The Bertz CT molecular complexity index is 492. The van der Waals surface area contributed by atoms with E-state index < -0.39 is 0 Å². The van der Waals surface area contributed by atoms with Crippen molar-refractivity contribution in [3.8, 4) is 0 Å². The summed E-state index contributed by atoms with van der Waals surface area (Å²) in [6.45, 7) is 7.95. The van der Waals surface area contributed by atoms with Crippen LogP contribution in [0.3, 0.4) is 0 Å². The third kappa shape index (κ3) is 7.67. The third-order valence-corrected chi connectivity index (χ3v) is 4.70. The van der Waals surface area contributed by atoms with Crippen LogP contribution in [-0.2, 0) is 6.42 Å². The molecular weight excluding hydrogens is 412 g/mol. The van der Waals surface area contributed by atoms with Gasteiger partial charge in [-0.2, -0.15) is 11.8 Å². The summed E-state index contributed by atoms with van der Waals surface area (Å²) in [6.07, 6.45) is 2.95. The Balaban J connectivity index is 0.00000441. The van der Waals surface area contributed by atoms with Gasteiger partial charge in [0.15, 0.2) is 5.96 Å². The summed E-state index contributed by atoms with van der Waals surface area (Å²) in [7, 11) is 1.77. The van der Waals surface area contributed by atoms with Crippen LogP contribution in [0.15, 0.2) is 23.2 Å². The van der Waals surface area contributed by atoms with Crippen LogP contribution in [0, 0.1) is 12.7 Å². The van der Waals surface area contributed by atoms with Gasteiger partial charge in [0.05, 0.1) is 0 Å². The van der Waals surface area contributed by atoms with E-state index in [0.29, 0.717) is 0 Å². The molecule has 6 heteroatoms. The lowest BCUT2D eigenvalue weighted by Crippen LogP contribution is -2.43. The van der Waals surface area contributed by atoms with E-state index in [1.807, 2.05) is 24.8 Å². The molecule has 0 heterocycles. The minimum Gasteiger partial charge on any atom is -0.356 e. The van der Waals surface area contributed by atoms with Crippen LogP contribution in [-0.4, -0.2) is 37.1 Å². The maximum atomic E-state index is 13.1. The summed E-state index contributed by atoms with van der Waals surface area (Å²) in [5.74, 6) is 0.623. The molecule has 0 bridgehead atoms. The Morgan fingerprint density at radius 1 is 1.32 bits per heavy atom. The van der Waals surface area contributed by atoms with Gasteiger partial charge in [0.2, 0.25) is 0 Å². The highest BCUT2D eigenvalue weighted by Crippen LogP contribution is 2.19. The van der Waals surface area contributed by atoms with Crippen LogP contribution in [0.5, 0.6) is 0 Å². The van der Waals surface area contributed by atoms with Crippen molar-refractivity contribution in [2.75, 3.05) is 26.4 Å². The highest BCUT2D eigenvalue weighted by Gasteiger charge is 2.15. The van der Waals surface area contributed by atoms with E-state index in [2.05, 4.69) is 35.7 Å². The van der Waals surface area contributed by atoms with Crippen molar-refractivity contribution in [3.05, 3.63) is 35.1 Å². The van der Waals surface area contributed by atoms with E-state index in [1.54, 1.807) is 13.1 Å². The average Bonchev–Trinajstić information content (AvgIpc) is 2.44. The van der Waals surface area contributed by atoms with Crippen LogP contribution in [0.25, 0.3) is 0 Å². The van der Waals surface area contributed by atoms with Crippen molar-refractivity contribution in [1.29, 1.82) is 0 Å². The maximum Gasteiger partial charge on any atom is 0.191 e. The van der Waals surface area contributed by atoms with Crippen LogP contribution in [0.4, 0.5) is 4.39 Å². The molecule has 0 spiro atoms. The van der Waals surface area contributed by atoms with Gasteiger partial charge in [0.1, 0.15) is 5.82 Å². The predicted octanol–water partition coefficient (Wildman–Crippen LogP) is 3.60. The van der Waals surface area contributed by atoms with Crippen molar-refractivity contribution in [2.24, 2.45) is 4.99 Å². The van der Waals surface area contributed by atoms with Gasteiger partial charge in [-0.1, -0.05) is 6.07 Å². The molecule has 2 N–H and O–H groups in total. The summed E-state index contributed by atoms with van der Waals surface area (Å²) >= 11 is 1.82. The number of nitrogens with one attached hydrogen (secondary N) is 2. The maximum absolute atomic E-state index is 13.1. The number of hydrogen-bond acceptors (Lipinski definition) is 2. The zero-order valence-electron chi connectivity index (χ0n) is 14.0. The van der Waals surface area contributed by atoms with Crippen LogP contribution in [0.2, 0.25) is 0 Å². The van der Waals surface area contributed by atoms with Crippen LogP contribution in [0.1, 0.15) is 25.0 Å². The molecule has 0 aliphatic heterocycles. The molecule has 0 fully saturated rings. The molecule has 0 aliphatic carbocycles. The molecular formula is C16H27FIN3S. The quantitative estimate of drug-likeness (QED) is 0.404. The van der Waals surface area contributed by atoms with E-state index in [0.717, 1.165) is 36.6 Å². The third-order valence-electron chi connectivity index (χ3n) is 3.45. The summed E-state index contributed by atoms with van der Waals surface area (Å²) in [5, 5.41) is 6.62. The van der Waals surface area contributed by atoms with E-state index in [-0.39, 0.29) is 34.5 Å². The summed E-state index contributed by atoms with van der Waals surface area (Å²) < 4.78 is 13.2. The SMILES string of the molecule is CN=C(NCCc1ccc(F)cc1C)NCC(C)(C)SC.I. The molecule has 0 radical (unpaired) electrons. The van der Waals surface area contributed by atoms with Gasteiger partial charge in [-0.15, -0.1) is 24.0 Å². The lowest BCUT2D eigenvalue weighted by molar-refractivity contribution is 0.625. The number of rotatable bonds is 6. The number of nitrogens with zero attached hydrogens (tertiary/aromatic N) is 1. The first-order valence-corrected chi connectivity index (χ1v) is 8.35. The number of halogens is 2. The molecule has 22 heavy (non-hydrogen) atoms. The minimum absolute atomic E-state index is 0. The van der Waals surface area contributed by atoms with Crippen molar-refractivity contribution < 1.29 is 4.39 Å². The standard InChI is InChI=1S/C16H26FN3S.HI/c1-12-10-14(17)7-6-13(12)8-9-19-15(18-4)20-11-16(2,3)21-5;/h6-7,10H,8-9,11H2,1-5H3,(H2,18,19,20);1H. The predicted molar refractivity (Wildman–Crippen MR) is 107 cm³/mol. The van der Waals surface area contributed by atoms with Gasteiger partial charge in [-0.3, -0.25) is 4.99 Å². The second-order valence-electron chi connectivity index (χ2n) is 5.64. The highest BCUT2D eigenvalue weighted by atomic mass is 127. The first kappa shape index (κ1) is 21.5. The molecule has 0 aliphatic rings. The molecule has 0 saturated carbocycles. The molecule has 1 rings (SSSR count). The zero-order valence-corrected chi connectivity index (χ0v) is 17.1. The normalized spacial score (nSPS) is 11.8.